The molecule has 24 heavy (non-hydrogen) atoms. The maximum Gasteiger partial charge on any atom is 0.338 e. The van der Waals surface area contributed by atoms with Gasteiger partial charge in [0.25, 0.3) is 0 Å². The second-order valence-electron chi connectivity index (χ2n) is 5.75. The van der Waals surface area contributed by atoms with Crippen molar-refractivity contribution in [2.45, 2.75) is 20.8 Å². The summed E-state index contributed by atoms with van der Waals surface area (Å²) in [4.78, 5) is 23.9. The van der Waals surface area contributed by atoms with Crippen LogP contribution in [-0.2, 0) is 9.53 Å². The first-order valence-corrected chi connectivity index (χ1v) is 7.67. The number of esters is 2. The number of rotatable bonds is 2. The Morgan fingerprint density at radius 1 is 0.917 bits per heavy atom. The Morgan fingerprint density at radius 3 is 2.29 bits per heavy atom. The maximum atomic E-state index is 12.2. The van der Waals surface area contributed by atoms with Crippen LogP contribution in [0.1, 0.15) is 28.4 Å². The van der Waals surface area contributed by atoms with E-state index >= 15 is 0 Å². The Bertz CT molecular complexity index is 986. The summed E-state index contributed by atoms with van der Waals surface area (Å²) in [6.07, 6.45) is 0. The van der Waals surface area contributed by atoms with Gasteiger partial charge in [-0.1, -0.05) is 36.4 Å². The molecule has 0 radical (unpaired) electrons. The van der Waals surface area contributed by atoms with E-state index in [0.29, 0.717) is 16.9 Å². The minimum absolute atomic E-state index is 0.417. The van der Waals surface area contributed by atoms with Gasteiger partial charge in [-0.05, 0) is 35.6 Å². The number of benzene rings is 3. The van der Waals surface area contributed by atoms with Gasteiger partial charge >= 0.3 is 11.9 Å². The van der Waals surface area contributed by atoms with E-state index in [9.17, 15) is 9.59 Å². The molecule has 0 atom stereocenters. The molecule has 0 aromatic heterocycles. The van der Waals surface area contributed by atoms with Crippen molar-refractivity contribution in [1.82, 2.24) is 0 Å². The van der Waals surface area contributed by atoms with Crippen LogP contribution in [0.5, 0.6) is 5.75 Å². The molecule has 122 valence electrons. The number of carbonyl (C=O) groups excluding carboxylic acids is 2. The van der Waals surface area contributed by atoms with Gasteiger partial charge in [-0.25, -0.2) is 4.79 Å². The summed E-state index contributed by atoms with van der Waals surface area (Å²) in [6, 6.07) is 11.8. The van der Waals surface area contributed by atoms with Gasteiger partial charge in [-0.2, -0.15) is 0 Å². The van der Waals surface area contributed by atoms with Gasteiger partial charge in [0.15, 0.2) is 0 Å². The zero-order valence-corrected chi connectivity index (χ0v) is 14.1. The number of hydrogen-bond acceptors (Lipinski definition) is 4. The number of hydrogen-bond donors (Lipinski definition) is 0. The minimum Gasteiger partial charge on any atom is -0.465 e. The molecule has 0 saturated heterocycles. The fourth-order valence-electron chi connectivity index (χ4n) is 3.23. The van der Waals surface area contributed by atoms with Crippen LogP contribution in [0.15, 0.2) is 36.4 Å². The average molecular weight is 322 g/mol. The van der Waals surface area contributed by atoms with Crippen molar-refractivity contribution in [1.29, 1.82) is 0 Å². The van der Waals surface area contributed by atoms with Crippen LogP contribution in [0, 0.1) is 13.8 Å². The number of fused-ring (bicyclic) bond motifs is 3. The molecule has 0 unspecified atom stereocenters. The Balaban J connectivity index is 2.55. The van der Waals surface area contributed by atoms with Crippen LogP contribution in [0.3, 0.4) is 0 Å². The third kappa shape index (κ3) is 2.40. The standard InChI is InChI=1S/C20H18O4/c1-11-15-10-9-14-7-5-6-8-16(14)18(15)19(24-13(3)21)12(2)17(11)20(22)23-4/h5-10H,1-4H3. The summed E-state index contributed by atoms with van der Waals surface area (Å²) in [5.74, 6) is -0.444. The van der Waals surface area contributed by atoms with E-state index in [2.05, 4.69) is 0 Å². The summed E-state index contributed by atoms with van der Waals surface area (Å²) in [5, 5.41) is 3.73. The van der Waals surface area contributed by atoms with Crippen molar-refractivity contribution in [2.75, 3.05) is 7.11 Å². The van der Waals surface area contributed by atoms with E-state index in [1.807, 2.05) is 43.3 Å². The van der Waals surface area contributed by atoms with Crippen molar-refractivity contribution in [3.63, 3.8) is 0 Å². The van der Waals surface area contributed by atoms with E-state index in [0.717, 1.165) is 27.1 Å². The van der Waals surface area contributed by atoms with Gasteiger partial charge in [0.2, 0.25) is 0 Å². The molecule has 0 heterocycles. The lowest BCUT2D eigenvalue weighted by molar-refractivity contribution is -0.131. The average Bonchev–Trinajstić information content (AvgIpc) is 2.57. The van der Waals surface area contributed by atoms with E-state index < -0.39 is 11.9 Å². The summed E-state index contributed by atoms with van der Waals surface area (Å²) in [5.41, 5.74) is 1.87. The molecular formula is C20H18O4. The highest BCUT2D eigenvalue weighted by atomic mass is 16.5. The van der Waals surface area contributed by atoms with Gasteiger partial charge in [-0.3, -0.25) is 4.79 Å². The van der Waals surface area contributed by atoms with Crippen molar-refractivity contribution in [3.8, 4) is 5.75 Å². The van der Waals surface area contributed by atoms with E-state index in [-0.39, 0.29) is 0 Å². The molecule has 0 aliphatic carbocycles. The van der Waals surface area contributed by atoms with Crippen LogP contribution in [-0.4, -0.2) is 19.0 Å². The van der Waals surface area contributed by atoms with Crippen molar-refractivity contribution in [3.05, 3.63) is 53.1 Å². The zero-order valence-electron chi connectivity index (χ0n) is 14.1. The molecule has 0 aliphatic rings. The van der Waals surface area contributed by atoms with Crippen LogP contribution in [0.2, 0.25) is 0 Å². The van der Waals surface area contributed by atoms with Crippen LogP contribution in [0.25, 0.3) is 21.5 Å². The SMILES string of the molecule is COC(=O)c1c(C)c(OC(C)=O)c2c(ccc3ccccc32)c1C. The summed E-state index contributed by atoms with van der Waals surface area (Å²) < 4.78 is 10.4. The van der Waals surface area contributed by atoms with Crippen LogP contribution in [0.4, 0.5) is 0 Å². The first kappa shape index (κ1) is 16.0. The van der Waals surface area contributed by atoms with Crippen molar-refractivity contribution < 1.29 is 19.1 Å². The molecule has 0 fully saturated rings. The molecule has 4 heteroatoms. The lowest BCUT2D eigenvalue weighted by Gasteiger charge is -2.18. The Labute approximate surface area is 140 Å². The lowest BCUT2D eigenvalue weighted by atomic mass is 9.91. The van der Waals surface area contributed by atoms with Gasteiger partial charge in [-0.15, -0.1) is 0 Å². The quantitative estimate of drug-likeness (QED) is 0.400. The molecule has 3 rings (SSSR count). The lowest BCUT2D eigenvalue weighted by Crippen LogP contribution is -2.11. The molecule has 0 amide bonds. The zero-order chi connectivity index (χ0) is 17.4. The molecule has 0 N–H and O–H groups in total. The summed E-state index contributed by atoms with van der Waals surface area (Å²) in [7, 11) is 1.34. The molecular weight excluding hydrogens is 304 g/mol. The van der Waals surface area contributed by atoms with Gasteiger partial charge in [0.1, 0.15) is 5.75 Å². The van der Waals surface area contributed by atoms with Gasteiger partial charge < -0.3 is 9.47 Å². The first-order valence-electron chi connectivity index (χ1n) is 7.67. The predicted molar refractivity (Wildman–Crippen MR) is 93.6 cm³/mol. The minimum atomic E-state index is -0.437. The molecule has 0 saturated carbocycles. The van der Waals surface area contributed by atoms with Crippen LogP contribution >= 0.6 is 0 Å². The van der Waals surface area contributed by atoms with Crippen LogP contribution < -0.4 is 4.74 Å². The van der Waals surface area contributed by atoms with Crippen molar-refractivity contribution >= 4 is 33.5 Å². The molecule has 0 bridgehead atoms. The second-order valence-corrected chi connectivity index (χ2v) is 5.75. The second kappa shape index (κ2) is 5.96. The Kier molecular flexibility index (Phi) is 3.97. The highest BCUT2D eigenvalue weighted by Gasteiger charge is 2.23. The monoisotopic (exact) mass is 322 g/mol. The summed E-state index contributed by atoms with van der Waals surface area (Å²) in [6.45, 7) is 5.01. The molecule has 4 nitrogen and oxygen atoms in total. The van der Waals surface area contributed by atoms with E-state index in [1.54, 1.807) is 6.92 Å². The Hall–Kier alpha value is -2.88. The predicted octanol–water partition coefficient (Wildman–Crippen LogP) is 4.32. The Morgan fingerprint density at radius 2 is 1.62 bits per heavy atom. The fourth-order valence-corrected chi connectivity index (χ4v) is 3.23. The van der Waals surface area contributed by atoms with Gasteiger partial charge in [0.05, 0.1) is 12.7 Å². The molecule has 3 aromatic rings. The topological polar surface area (TPSA) is 52.6 Å². The third-order valence-electron chi connectivity index (χ3n) is 4.29. The highest BCUT2D eigenvalue weighted by molar-refractivity contribution is 6.15. The highest BCUT2D eigenvalue weighted by Crippen LogP contribution is 2.40. The van der Waals surface area contributed by atoms with Crippen molar-refractivity contribution in [2.24, 2.45) is 0 Å². The molecule has 0 spiro atoms. The molecule has 3 aromatic carbocycles. The number of methoxy groups -OCH3 is 1. The van der Waals surface area contributed by atoms with Gasteiger partial charge in [0, 0.05) is 17.9 Å². The van der Waals surface area contributed by atoms with E-state index in [4.69, 9.17) is 9.47 Å². The number of carbonyl (C=O) groups is 2. The molecule has 0 aliphatic heterocycles. The third-order valence-corrected chi connectivity index (χ3v) is 4.29. The smallest absolute Gasteiger partial charge is 0.338 e. The summed E-state index contributed by atoms with van der Waals surface area (Å²) >= 11 is 0. The number of aryl methyl sites for hydroxylation is 1. The first-order chi connectivity index (χ1) is 11.5. The number of ether oxygens (including phenoxy) is 2. The van der Waals surface area contributed by atoms with E-state index in [1.165, 1.54) is 14.0 Å². The normalized spacial score (nSPS) is 10.8. The fraction of sp³-hybridized carbons (Fsp3) is 0.200. The maximum absolute atomic E-state index is 12.2. The largest absolute Gasteiger partial charge is 0.465 e.